The number of rotatable bonds is 54. The Morgan fingerprint density at radius 1 is 0.439 bits per heavy atom. The van der Waals surface area contributed by atoms with Crippen LogP contribution in [0.4, 0.5) is 0 Å². The van der Waals surface area contributed by atoms with E-state index in [0.717, 1.165) is 51.4 Å². The number of carbonyl (C=O) groups excluding carboxylic acids is 1. The van der Waals surface area contributed by atoms with Crippen molar-refractivity contribution < 1.29 is 64.6 Å². The number of carbonyl (C=O) groups is 1. The zero-order valence-electron chi connectivity index (χ0n) is 51.7. The van der Waals surface area contributed by atoms with Gasteiger partial charge in [-0.25, -0.2) is 0 Å². The zero-order valence-corrected chi connectivity index (χ0v) is 51.7. The monoisotopic (exact) mass is 1160 g/mol. The van der Waals surface area contributed by atoms with Crippen LogP contribution in [0.2, 0.25) is 0 Å². The predicted octanol–water partition coefficient (Wildman–Crippen LogP) is 12.9. The summed E-state index contributed by atoms with van der Waals surface area (Å²) in [7, 11) is 0. The standard InChI is InChI=1S/C68H123NO13/c1-3-5-7-9-11-13-14-15-16-17-18-19-20-21-22-23-24-25-26-27-28-29-30-31-32-33-34-35-36-37-38-39-40-41-42-44-46-48-50-52-60(73)69-56(57(72)51-49-47-45-43-12-10-8-6-4-2)55-79-67-65(78)63(76)66(59(54-71)81-67)82-68-64(77)62(75)61(74)58(53-70)80-68/h12,14-15,17-18,20-21,43,49,51,56-59,61-68,70-72,74-78H,3-11,13,16,19,22-42,44-48,50,52-55H2,1-2H3,(H,69,73)/b15-14-,18-17-,21-20-,43-12+,51-49+. The van der Waals surface area contributed by atoms with Crippen LogP contribution < -0.4 is 5.32 Å². The summed E-state index contributed by atoms with van der Waals surface area (Å²) in [5, 5.41) is 86.8. The number of aliphatic hydroxyl groups excluding tert-OH is 8. The number of amides is 1. The second kappa shape index (κ2) is 53.0. The average molecular weight is 1160 g/mol. The van der Waals surface area contributed by atoms with Crippen LogP contribution >= 0.6 is 0 Å². The van der Waals surface area contributed by atoms with Crippen LogP contribution in [0.3, 0.4) is 0 Å². The number of unbranched alkanes of at least 4 members (excludes halogenated alkanes) is 33. The number of hydrogen-bond donors (Lipinski definition) is 9. The first-order chi connectivity index (χ1) is 40.1. The van der Waals surface area contributed by atoms with Gasteiger partial charge in [0, 0.05) is 6.42 Å². The molecule has 82 heavy (non-hydrogen) atoms. The van der Waals surface area contributed by atoms with E-state index in [0.29, 0.717) is 12.8 Å². The van der Waals surface area contributed by atoms with Crippen molar-refractivity contribution in [3.05, 3.63) is 60.8 Å². The molecule has 0 radical (unpaired) electrons. The minimum absolute atomic E-state index is 0.249. The van der Waals surface area contributed by atoms with Crippen molar-refractivity contribution in [1.29, 1.82) is 0 Å². The Kier molecular flexibility index (Phi) is 49.0. The summed E-state index contributed by atoms with van der Waals surface area (Å²) in [6.45, 7) is 2.71. The third kappa shape index (κ3) is 37.3. The smallest absolute Gasteiger partial charge is 0.220 e. The van der Waals surface area contributed by atoms with Crippen LogP contribution in [0.15, 0.2) is 60.8 Å². The molecule has 2 fully saturated rings. The lowest BCUT2D eigenvalue weighted by Crippen LogP contribution is -2.65. The van der Waals surface area contributed by atoms with E-state index in [1.807, 2.05) is 6.08 Å². The molecule has 14 nitrogen and oxygen atoms in total. The van der Waals surface area contributed by atoms with E-state index in [2.05, 4.69) is 67.8 Å². The predicted molar refractivity (Wildman–Crippen MR) is 332 cm³/mol. The van der Waals surface area contributed by atoms with Crippen molar-refractivity contribution in [2.75, 3.05) is 19.8 Å². The molecular formula is C68H123NO13. The van der Waals surface area contributed by atoms with Crippen molar-refractivity contribution in [3.63, 3.8) is 0 Å². The highest BCUT2D eigenvalue weighted by Crippen LogP contribution is 2.30. The van der Waals surface area contributed by atoms with Gasteiger partial charge in [0.15, 0.2) is 12.6 Å². The first kappa shape index (κ1) is 75.8. The van der Waals surface area contributed by atoms with Gasteiger partial charge in [-0.3, -0.25) is 4.79 Å². The lowest BCUT2D eigenvalue weighted by molar-refractivity contribution is -0.359. The number of ether oxygens (including phenoxy) is 4. The van der Waals surface area contributed by atoms with Gasteiger partial charge in [-0.1, -0.05) is 254 Å². The highest BCUT2D eigenvalue weighted by molar-refractivity contribution is 5.76. The van der Waals surface area contributed by atoms with Crippen LogP contribution in [0.5, 0.6) is 0 Å². The molecule has 0 spiro atoms. The summed E-state index contributed by atoms with van der Waals surface area (Å²) in [4.78, 5) is 13.2. The summed E-state index contributed by atoms with van der Waals surface area (Å²) in [5.74, 6) is -0.249. The number of aliphatic hydroxyl groups is 8. The van der Waals surface area contributed by atoms with Crippen LogP contribution in [-0.4, -0.2) is 140 Å². The molecule has 2 rings (SSSR count). The zero-order chi connectivity index (χ0) is 59.5. The Balaban J connectivity index is 1.52. The third-order valence-electron chi connectivity index (χ3n) is 16.2. The molecule has 2 aliphatic rings. The second-order valence-corrected chi connectivity index (χ2v) is 23.6. The molecule has 0 aromatic heterocycles. The largest absolute Gasteiger partial charge is 0.394 e. The van der Waals surface area contributed by atoms with Crippen molar-refractivity contribution in [2.45, 2.75) is 344 Å². The summed E-state index contributed by atoms with van der Waals surface area (Å²) in [5.41, 5.74) is 0. The van der Waals surface area contributed by atoms with Gasteiger partial charge in [-0.05, 0) is 70.6 Å². The Morgan fingerprint density at radius 2 is 0.817 bits per heavy atom. The highest BCUT2D eigenvalue weighted by atomic mass is 16.7. The molecule has 14 heteroatoms. The third-order valence-corrected chi connectivity index (χ3v) is 16.2. The number of nitrogens with one attached hydrogen (secondary N) is 1. The topological polar surface area (TPSA) is 228 Å². The van der Waals surface area contributed by atoms with E-state index in [1.54, 1.807) is 6.08 Å². The van der Waals surface area contributed by atoms with Crippen LogP contribution in [0, 0.1) is 0 Å². The molecule has 9 N–H and O–H groups in total. The molecule has 1 amide bonds. The Morgan fingerprint density at radius 3 is 1.30 bits per heavy atom. The van der Waals surface area contributed by atoms with Gasteiger partial charge >= 0.3 is 0 Å². The van der Waals surface area contributed by atoms with E-state index in [1.165, 1.54) is 186 Å². The van der Waals surface area contributed by atoms with E-state index in [4.69, 9.17) is 18.9 Å². The Labute approximate surface area is 498 Å². The summed E-state index contributed by atoms with van der Waals surface area (Å²) < 4.78 is 22.7. The second-order valence-electron chi connectivity index (χ2n) is 23.6. The quantitative estimate of drug-likeness (QED) is 0.0204. The minimum Gasteiger partial charge on any atom is -0.394 e. The van der Waals surface area contributed by atoms with Gasteiger partial charge in [0.25, 0.3) is 0 Å². The van der Waals surface area contributed by atoms with Gasteiger partial charge < -0.3 is 65.1 Å². The highest BCUT2D eigenvalue weighted by Gasteiger charge is 2.51. The lowest BCUT2D eigenvalue weighted by Gasteiger charge is -2.46. The van der Waals surface area contributed by atoms with Crippen LogP contribution in [0.25, 0.3) is 0 Å². The van der Waals surface area contributed by atoms with Crippen molar-refractivity contribution in [1.82, 2.24) is 5.32 Å². The van der Waals surface area contributed by atoms with Gasteiger partial charge in [0.05, 0.1) is 32.0 Å². The molecule has 478 valence electrons. The van der Waals surface area contributed by atoms with E-state index in [-0.39, 0.29) is 18.9 Å². The van der Waals surface area contributed by atoms with Gasteiger partial charge in [-0.15, -0.1) is 0 Å². The summed E-state index contributed by atoms with van der Waals surface area (Å²) in [6, 6.07) is -0.929. The molecule has 0 saturated carbocycles. The molecule has 0 bridgehead atoms. The lowest BCUT2D eigenvalue weighted by atomic mass is 9.97. The molecule has 0 aromatic rings. The van der Waals surface area contributed by atoms with Crippen molar-refractivity contribution >= 4 is 5.91 Å². The Bertz CT molecular complexity index is 1610. The fourth-order valence-corrected chi connectivity index (χ4v) is 10.8. The van der Waals surface area contributed by atoms with Crippen molar-refractivity contribution in [3.8, 4) is 0 Å². The summed E-state index contributed by atoms with van der Waals surface area (Å²) in [6.07, 6.45) is 53.4. The molecule has 2 aliphatic heterocycles. The first-order valence-corrected chi connectivity index (χ1v) is 33.5. The van der Waals surface area contributed by atoms with E-state index < -0.39 is 86.8 Å². The van der Waals surface area contributed by atoms with Crippen molar-refractivity contribution in [2.24, 2.45) is 0 Å². The van der Waals surface area contributed by atoms with Gasteiger partial charge in [0.2, 0.25) is 5.91 Å². The maximum atomic E-state index is 13.2. The fraction of sp³-hybridized carbons (Fsp3) is 0.838. The molecule has 0 aliphatic carbocycles. The van der Waals surface area contributed by atoms with Crippen LogP contribution in [0.1, 0.15) is 271 Å². The van der Waals surface area contributed by atoms with Gasteiger partial charge in [-0.2, -0.15) is 0 Å². The molecule has 12 atom stereocenters. The average Bonchev–Trinajstić information content (AvgIpc) is 3.24. The fourth-order valence-electron chi connectivity index (χ4n) is 10.8. The summed E-state index contributed by atoms with van der Waals surface area (Å²) >= 11 is 0. The van der Waals surface area contributed by atoms with E-state index >= 15 is 0 Å². The molecule has 2 heterocycles. The maximum absolute atomic E-state index is 13.2. The van der Waals surface area contributed by atoms with Gasteiger partial charge in [0.1, 0.15) is 48.8 Å². The first-order valence-electron chi connectivity index (χ1n) is 33.5. The molecular weight excluding hydrogens is 1040 g/mol. The molecule has 2 saturated heterocycles. The molecule has 12 unspecified atom stereocenters. The normalized spacial score (nSPS) is 24.3. The molecule has 0 aromatic carbocycles. The number of hydrogen-bond acceptors (Lipinski definition) is 13. The van der Waals surface area contributed by atoms with Crippen LogP contribution in [-0.2, 0) is 23.7 Å². The number of allylic oxidation sites excluding steroid dienone is 9. The Hall–Kier alpha value is -2.31. The SMILES string of the molecule is CCCCC/C=C/CC/C=C/C(O)C(COC1OC(CO)C(OC2OC(CO)C(O)C(O)C2O)C(O)C1O)NC(=O)CCCCCCCCCCCCCCCCCCCCCCCCCC/C=C\C/C=C\C/C=C\CCCCCCC. The minimum atomic E-state index is -1.79. The maximum Gasteiger partial charge on any atom is 0.220 e. The van der Waals surface area contributed by atoms with E-state index in [9.17, 15) is 45.6 Å².